The highest BCUT2D eigenvalue weighted by Gasteiger charge is 2.41. The number of hydrogen-bond acceptors (Lipinski definition) is 4. The molecule has 0 aliphatic carbocycles. The number of fused-ring (bicyclic) bond motifs is 2. The number of para-hydroxylation sites is 1. The molecule has 0 spiro atoms. The van der Waals surface area contributed by atoms with E-state index in [0.717, 1.165) is 17.7 Å². The SMILES string of the molecule is C[C@@H]1CC(C)(C)N(C(=O)c2sc3cc([N+](=O)[O-])ccc3c2Cl)c2ccccc21. The Morgan fingerprint density at radius 3 is 2.71 bits per heavy atom. The lowest BCUT2D eigenvalue weighted by molar-refractivity contribution is -0.384. The van der Waals surface area contributed by atoms with E-state index >= 15 is 0 Å². The standard InChI is InChI=1S/C21H19ClN2O3S/c1-12-11-21(2,3)23(16-7-5-4-6-14(12)16)20(25)19-18(22)15-9-8-13(24(26)27)10-17(15)28-19/h4-10,12H,11H2,1-3H3/t12-/m1/s1. The summed E-state index contributed by atoms with van der Waals surface area (Å²) >= 11 is 7.75. The summed E-state index contributed by atoms with van der Waals surface area (Å²) < 4.78 is 0.638. The summed E-state index contributed by atoms with van der Waals surface area (Å²) in [6.45, 7) is 6.29. The summed E-state index contributed by atoms with van der Waals surface area (Å²) in [5.41, 5.74) is 1.65. The van der Waals surface area contributed by atoms with Crippen molar-refractivity contribution in [2.45, 2.75) is 38.6 Å². The number of nitro groups is 1. The van der Waals surface area contributed by atoms with Crippen molar-refractivity contribution in [3.05, 3.63) is 68.0 Å². The normalized spacial score (nSPS) is 18.1. The van der Waals surface area contributed by atoms with Gasteiger partial charge in [0.15, 0.2) is 0 Å². The molecule has 0 unspecified atom stereocenters. The number of anilines is 1. The fourth-order valence-corrected chi connectivity index (χ4v) is 5.65. The van der Waals surface area contributed by atoms with Gasteiger partial charge in [0.05, 0.1) is 9.95 Å². The minimum absolute atomic E-state index is 0.0121. The van der Waals surface area contributed by atoms with Crippen molar-refractivity contribution in [1.29, 1.82) is 0 Å². The Balaban J connectivity index is 1.86. The van der Waals surface area contributed by atoms with Crippen LogP contribution in [0.5, 0.6) is 0 Å². The van der Waals surface area contributed by atoms with Crippen LogP contribution >= 0.6 is 22.9 Å². The second kappa shape index (κ2) is 6.57. The van der Waals surface area contributed by atoms with Gasteiger partial charge in [-0.3, -0.25) is 14.9 Å². The lowest BCUT2D eigenvalue weighted by atomic mass is 9.80. The molecule has 1 atom stereocenters. The van der Waals surface area contributed by atoms with E-state index in [1.165, 1.54) is 23.5 Å². The van der Waals surface area contributed by atoms with Gasteiger partial charge in [-0.05, 0) is 43.9 Å². The zero-order valence-electron chi connectivity index (χ0n) is 15.7. The predicted octanol–water partition coefficient (Wildman–Crippen LogP) is 6.40. The maximum atomic E-state index is 13.6. The summed E-state index contributed by atoms with van der Waals surface area (Å²) in [5, 5.41) is 12.1. The number of thiophene rings is 1. The number of rotatable bonds is 2. The molecular weight excluding hydrogens is 396 g/mol. The molecular formula is C21H19ClN2O3S. The van der Waals surface area contributed by atoms with E-state index in [4.69, 9.17) is 11.6 Å². The van der Waals surface area contributed by atoms with Crippen LogP contribution in [0.25, 0.3) is 10.1 Å². The molecule has 1 amide bonds. The number of amides is 1. The van der Waals surface area contributed by atoms with E-state index in [1.807, 2.05) is 23.1 Å². The Morgan fingerprint density at radius 2 is 2.00 bits per heavy atom. The van der Waals surface area contributed by atoms with Crippen molar-refractivity contribution in [1.82, 2.24) is 0 Å². The monoisotopic (exact) mass is 414 g/mol. The zero-order valence-corrected chi connectivity index (χ0v) is 17.3. The highest BCUT2D eigenvalue weighted by atomic mass is 35.5. The van der Waals surface area contributed by atoms with Crippen LogP contribution in [0.2, 0.25) is 5.02 Å². The summed E-state index contributed by atoms with van der Waals surface area (Å²) in [4.78, 5) is 26.5. The number of non-ortho nitro benzene ring substituents is 1. The molecule has 1 aliphatic heterocycles. The van der Waals surface area contributed by atoms with E-state index in [9.17, 15) is 14.9 Å². The fraction of sp³-hybridized carbons (Fsp3) is 0.286. The molecule has 0 fully saturated rings. The molecule has 2 aromatic carbocycles. The first-order valence-electron chi connectivity index (χ1n) is 9.00. The first-order valence-corrected chi connectivity index (χ1v) is 10.2. The Labute approximate surface area is 171 Å². The van der Waals surface area contributed by atoms with Crippen LogP contribution in [-0.2, 0) is 0 Å². The molecule has 7 heteroatoms. The third-order valence-corrected chi connectivity index (χ3v) is 6.99. The molecule has 144 valence electrons. The maximum absolute atomic E-state index is 13.6. The molecule has 28 heavy (non-hydrogen) atoms. The molecule has 0 N–H and O–H groups in total. The third kappa shape index (κ3) is 2.88. The molecule has 2 heterocycles. The topological polar surface area (TPSA) is 63.5 Å². The quantitative estimate of drug-likeness (QED) is 0.360. The van der Waals surface area contributed by atoms with Gasteiger partial charge in [0.2, 0.25) is 0 Å². The summed E-state index contributed by atoms with van der Waals surface area (Å²) in [6.07, 6.45) is 0.837. The van der Waals surface area contributed by atoms with Gasteiger partial charge in [-0.15, -0.1) is 11.3 Å². The third-order valence-electron chi connectivity index (χ3n) is 5.34. The van der Waals surface area contributed by atoms with E-state index in [0.29, 0.717) is 25.9 Å². The van der Waals surface area contributed by atoms with Crippen molar-refractivity contribution >= 4 is 50.3 Å². The lowest BCUT2D eigenvalue weighted by Gasteiger charge is -2.45. The second-order valence-electron chi connectivity index (χ2n) is 7.80. The highest BCUT2D eigenvalue weighted by Crippen LogP contribution is 2.46. The Bertz CT molecular complexity index is 1120. The maximum Gasteiger partial charge on any atom is 0.270 e. The predicted molar refractivity (Wildman–Crippen MR) is 114 cm³/mol. The summed E-state index contributed by atoms with van der Waals surface area (Å²) in [5.74, 6) is 0.175. The van der Waals surface area contributed by atoms with Gasteiger partial charge < -0.3 is 4.90 Å². The Morgan fingerprint density at radius 1 is 1.29 bits per heavy atom. The van der Waals surface area contributed by atoms with Crippen LogP contribution in [0.15, 0.2) is 42.5 Å². The molecule has 3 aromatic rings. The average Bonchev–Trinajstić information content (AvgIpc) is 2.97. The number of carbonyl (C=O) groups excluding carboxylic acids is 1. The van der Waals surface area contributed by atoms with Gasteiger partial charge in [0.25, 0.3) is 11.6 Å². The fourth-order valence-electron chi connectivity index (χ4n) is 4.18. The smallest absolute Gasteiger partial charge is 0.270 e. The molecule has 0 bridgehead atoms. The number of nitro benzene ring substituents is 1. The summed E-state index contributed by atoms with van der Waals surface area (Å²) in [7, 11) is 0. The lowest BCUT2D eigenvalue weighted by Crippen LogP contribution is -2.51. The minimum Gasteiger partial charge on any atom is -0.302 e. The van der Waals surface area contributed by atoms with Gasteiger partial charge in [0, 0.05) is 33.4 Å². The van der Waals surface area contributed by atoms with Crippen LogP contribution in [0, 0.1) is 10.1 Å². The molecule has 1 aliphatic rings. The first kappa shape index (κ1) is 18.9. The number of hydrogen-bond donors (Lipinski definition) is 0. The van der Waals surface area contributed by atoms with Crippen molar-refractivity contribution in [3.8, 4) is 0 Å². The zero-order chi connectivity index (χ0) is 20.2. The van der Waals surface area contributed by atoms with Gasteiger partial charge >= 0.3 is 0 Å². The molecule has 5 nitrogen and oxygen atoms in total. The van der Waals surface area contributed by atoms with Crippen LogP contribution in [0.4, 0.5) is 11.4 Å². The van der Waals surface area contributed by atoms with Crippen molar-refractivity contribution in [2.24, 2.45) is 0 Å². The number of benzene rings is 2. The van der Waals surface area contributed by atoms with Gasteiger partial charge in [-0.25, -0.2) is 0 Å². The number of nitrogens with zero attached hydrogens (tertiary/aromatic N) is 2. The van der Waals surface area contributed by atoms with Gasteiger partial charge in [0.1, 0.15) is 4.88 Å². The van der Waals surface area contributed by atoms with E-state index in [-0.39, 0.29) is 17.1 Å². The van der Waals surface area contributed by atoms with E-state index < -0.39 is 4.92 Å². The van der Waals surface area contributed by atoms with Crippen LogP contribution in [-0.4, -0.2) is 16.4 Å². The van der Waals surface area contributed by atoms with Crippen LogP contribution < -0.4 is 4.90 Å². The van der Waals surface area contributed by atoms with Crippen molar-refractivity contribution in [3.63, 3.8) is 0 Å². The second-order valence-corrected chi connectivity index (χ2v) is 9.23. The Hall–Kier alpha value is -2.44. The van der Waals surface area contributed by atoms with Crippen LogP contribution in [0.3, 0.4) is 0 Å². The summed E-state index contributed by atoms with van der Waals surface area (Å²) in [6, 6.07) is 12.4. The van der Waals surface area contributed by atoms with E-state index in [2.05, 4.69) is 26.8 Å². The number of halogens is 1. The number of carbonyl (C=O) groups is 1. The molecule has 0 saturated carbocycles. The van der Waals surface area contributed by atoms with Gasteiger partial charge in [-0.1, -0.05) is 36.7 Å². The largest absolute Gasteiger partial charge is 0.302 e. The van der Waals surface area contributed by atoms with Crippen LogP contribution in [0.1, 0.15) is 48.3 Å². The highest BCUT2D eigenvalue weighted by molar-refractivity contribution is 7.21. The molecule has 4 rings (SSSR count). The minimum atomic E-state index is -0.445. The first-order chi connectivity index (χ1) is 13.2. The van der Waals surface area contributed by atoms with Gasteiger partial charge in [-0.2, -0.15) is 0 Å². The average molecular weight is 415 g/mol. The molecule has 1 aromatic heterocycles. The Kier molecular flexibility index (Phi) is 4.43. The molecule has 0 saturated heterocycles. The van der Waals surface area contributed by atoms with Crippen molar-refractivity contribution < 1.29 is 9.72 Å². The molecule has 0 radical (unpaired) electrons. The van der Waals surface area contributed by atoms with Crippen molar-refractivity contribution in [2.75, 3.05) is 4.90 Å². The van der Waals surface area contributed by atoms with E-state index in [1.54, 1.807) is 6.07 Å².